The van der Waals surface area contributed by atoms with E-state index in [0.717, 1.165) is 18.3 Å². The van der Waals surface area contributed by atoms with Gasteiger partial charge in [-0.05, 0) is 48.5 Å². The van der Waals surface area contributed by atoms with Gasteiger partial charge in [0, 0.05) is 0 Å². The minimum Gasteiger partial charge on any atom is -0.0806 e. The first-order valence-corrected chi connectivity index (χ1v) is 6.91. The Morgan fingerprint density at radius 1 is 1.24 bits per heavy atom. The monoisotopic (exact) mass is 226 g/mol. The molecule has 1 aromatic carbocycles. The molecule has 3 aliphatic carbocycles. The van der Waals surface area contributed by atoms with E-state index < -0.39 is 0 Å². The van der Waals surface area contributed by atoms with E-state index >= 15 is 0 Å². The van der Waals surface area contributed by atoms with Crippen LogP contribution in [0.15, 0.2) is 42.0 Å². The summed E-state index contributed by atoms with van der Waals surface area (Å²) in [5, 5.41) is 0. The van der Waals surface area contributed by atoms with Crippen LogP contribution in [-0.4, -0.2) is 0 Å². The number of fused-ring (bicyclic) bond motifs is 2. The zero-order valence-electron chi connectivity index (χ0n) is 10.9. The van der Waals surface area contributed by atoms with Gasteiger partial charge in [0.25, 0.3) is 0 Å². The van der Waals surface area contributed by atoms with Crippen LogP contribution in [0.4, 0.5) is 0 Å². The van der Waals surface area contributed by atoms with Crippen LogP contribution in [0.25, 0.3) is 0 Å². The van der Waals surface area contributed by atoms with Gasteiger partial charge in [-0.25, -0.2) is 0 Å². The van der Waals surface area contributed by atoms with Crippen LogP contribution in [0.5, 0.6) is 0 Å². The third kappa shape index (κ3) is 1.84. The van der Waals surface area contributed by atoms with Crippen molar-refractivity contribution in [2.45, 2.75) is 39.5 Å². The quantitative estimate of drug-likeness (QED) is 0.646. The molecule has 0 amide bonds. The Morgan fingerprint density at radius 3 is 2.65 bits per heavy atom. The van der Waals surface area contributed by atoms with Crippen LogP contribution < -0.4 is 0 Å². The molecule has 1 aromatic rings. The highest BCUT2D eigenvalue weighted by molar-refractivity contribution is 5.25. The van der Waals surface area contributed by atoms with Gasteiger partial charge in [-0.3, -0.25) is 0 Å². The van der Waals surface area contributed by atoms with Crippen molar-refractivity contribution in [3.63, 3.8) is 0 Å². The van der Waals surface area contributed by atoms with Gasteiger partial charge in [-0.15, -0.1) is 0 Å². The lowest BCUT2D eigenvalue weighted by Crippen LogP contribution is -2.49. The Bertz CT molecular complexity index is 423. The molecular formula is C17H22. The Morgan fingerprint density at radius 2 is 2.00 bits per heavy atom. The molecule has 0 heteroatoms. The molecule has 0 N–H and O–H groups in total. The topological polar surface area (TPSA) is 0 Å². The summed E-state index contributed by atoms with van der Waals surface area (Å²) in [6, 6.07) is 10.8. The predicted molar refractivity (Wildman–Crippen MR) is 72.8 cm³/mol. The second-order valence-corrected chi connectivity index (χ2v) is 6.31. The first-order chi connectivity index (χ1) is 8.18. The third-order valence-electron chi connectivity index (χ3n) is 5.14. The SMILES string of the molecule is CC1(C)[C@H]2CC/C(=C/Cc3ccccc3)[C@@H]1C2. The highest BCUT2D eigenvalue weighted by Crippen LogP contribution is 2.61. The van der Waals surface area contributed by atoms with Crippen molar-refractivity contribution in [1.82, 2.24) is 0 Å². The lowest BCUT2D eigenvalue weighted by molar-refractivity contribution is -0.0279. The summed E-state index contributed by atoms with van der Waals surface area (Å²) in [5.41, 5.74) is 3.77. The molecule has 0 saturated heterocycles. The average Bonchev–Trinajstić information content (AvgIpc) is 2.37. The van der Waals surface area contributed by atoms with E-state index in [1.54, 1.807) is 5.57 Å². The highest BCUT2D eigenvalue weighted by atomic mass is 14.6. The summed E-state index contributed by atoms with van der Waals surface area (Å²) in [5.74, 6) is 1.88. The fourth-order valence-electron chi connectivity index (χ4n) is 3.76. The molecule has 0 radical (unpaired) electrons. The van der Waals surface area contributed by atoms with Gasteiger partial charge in [0.15, 0.2) is 0 Å². The van der Waals surface area contributed by atoms with Crippen molar-refractivity contribution in [2.24, 2.45) is 17.3 Å². The molecule has 0 heterocycles. The van der Waals surface area contributed by atoms with Gasteiger partial charge in [0.1, 0.15) is 0 Å². The Labute approximate surface area is 105 Å². The lowest BCUT2D eigenvalue weighted by Gasteiger charge is -2.58. The minimum atomic E-state index is 0.584. The summed E-state index contributed by atoms with van der Waals surface area (Å²) in [4.78, 5) is 0. The van der Waals surface area contributed by atoms with Gasteiger partial charge >= 0.3 is 0 Å². The molecule has 3 aliphatic rings. The summed E-state index contributed by atoms with van der Waals surface area (Å²) < 4.78 is 0. The van der Waals surface area contributed by atoms with Gasteiger partial charge in [0.05, 0.1) is 0 Å². The molecule has 17 heavy (non-hydrogen) atoms. The molecule has 2 atom stereocenters. The van der Waals surface area contributed by atoms with Crippen molar-refractivity contribution in [3.8, 4) is 0 Å². The molecule has 3 saturated carbocycles. The zero-order valence-corrected chi connectivity index (χ0v) is 10.9. The largest absolute Gasteiger partial charge is 0.0806 e. The normalized spacial score (nSPS) is 32.2. The maximum atomic E-state index is 2.51. The van der Waals surface area contributed by atoms with E-state index in [4.69, 9.17) is 0 Å². The van der Waals surface area contributed by atoms with Crippen molar-refractivity contribution in [3.05, 3.63) is 47.5 Å². The molecule has 90 valence electrons. The molecule has 0 aliphatic heterocycles. The Kier molecular flexibility index (Phi) is 2.61. The lowest BCUT2D eigenvalue weighted by atomic mass is 9.47. The Balaban J connectivity index is 1.73. The number of benzene rings is 1. The average molecular weight is 226 g/mol. The van der Waals surface area contributed by atoms with E-state index in [0.29, 0.717) is 5.41 Å². The van der Waals surface area contributed by atoms with E-state index in [-0.39, 0.29) is 0 Å². The zero-order chi connectivity index (χ0) is 11.9. The van der Waals surface area contributed by atoms with Crippen molar-refractivity contribution < 1.29 is 0 Å². The second kappa shape index (κ2) is 4.01. The van der Waals surface area contributed by atoms with Crippen molar-refractivity contribution in [1.29, 1.82) is 0 Å². The van der Waals surface area contributed by atoms with Gasteiger partial charge in [-0.2, -0.15) is 0 Å². The molecule has 2 bridgehead atoms. The van der Waals surface area contributed by atoms with Crippen LogP contribution in [0.1, 0.15) is 38.7 Å². The van der Waals surface area contributed by atoms with Gasteiger partial charge in [0.2, 0.25) is 0 Å². The minimum absolute atomic E-state index is 0.584. The van der Waals surface area contributed by atoms with Gasteiger partial charge < -0.3 is 0 Å². The van der Waals surface area contributed by atoms with E-state index in [2.05, 4.69) is 50.3 Å². The molecule has 4 rings (SSSR count). The van der Waals surface area contributed by atoms with Crippen LogP contribution in [0.3, 0.4) is 0 Å². The maximum Gasteiger partial charge on any atom is -0.00947 e. The summed E-state index contributed by atoms with van der Waals surface area (Å²) in [7, 11) is 0. The number of rotatable bonds is 2. The second-order valence-electron chi connectivity index (χ2n) is 6.31. The van der Waals surface area contributed by atoms with Crippen LogP contribution in [0.2, 0.25) is 0 Å². The number of allylic oxidation sites excluding steroid dienone is 2. The van der Waals surface area contributed by atoms with Gasteiger partial charge in [-0.1, -0.05) is 55.8 Å². The van der Waals surface area contributed by atoms with E-state index in [9.17, 15) is 0 Å². The third-order valence-corrected chi connectivity index (χ3v) is 5.14. The molecule has 0 spiro atoms. The smallest absolute Gasteiger partial charge is 0.00947 e. The van der Waals surface area contributed by atoms with E-state index in [1.165, 1.54) is 24.8 Å². The van der Waals surface area contributed by atoms with E-state index in [1.807, 2.05) is 0 Å². The number of hydrogen-bond acceptors (Lipinski definition) is 0. The summed E-state index contributed by atoms with van der Waals surface area (Å²) >= 11 is 0. The Hall–Kier alpha value is -1.04. The maximum absolute atomic E-state index is 2.51. The van der Waals surface area contributed by atoms with Crippen molar-refractivity contribution >= 4 is 0 Å². The standard InChI is InChI=1S/C17H22/c1-17(2)15-11-10-14(16(17)12-15)9-8-13-6-4-3-5-7-13/h3-7,9,15-16H,8,10-12H2,1-2H3/b14-9-/t15-,16-/m0/s1. The van der Waals surface area contributed by atoms with Crippen LogP contribution in [-0.2, 0) is 6.42 Å². The van der Waals surface area contributed by atoms with Crippen LogP contribution in [0, 0.1) is 17.3 Å². The fraction of sp³-hybridized carbons (Fsp3) is 0.529. The van der Waals surface area contributed by atoms with Crippen molar-refractivity contribution in [2.75, 3.05) is 0 Å². The summed E-state index contributed by atoms with van der Waals surface area (Å²) in [6.45, 7) is 4.92. The fourth-order valence-corrected chi connectivity index (χ4v) is 3.76. The molecule has 0 unspecified atom stereocenters. The molecular weight excluding hydrogens is 204 g/mol. The highest BCUT2D eigenvalue weighted by Gasteiger charge is 2.51. The number of hydrogen-bond donors (Lipinski definition) is 0. The summed E-state index contributed by atoms with van der Waals surface area (Å²) in [6.07, 6.45) is 7.86. The molecule has 3 fully saturated rings. The van der Waals surface area contributed by atoms with Crippen LogP contribution >= 0.6 is 0 Å². The molecule has 0 aromatic heterocycles. The molecule has 0 nitrogen and oxygen atoms in total. The first-order valence-electron chi connectivity index (χ1n) is 6.91. The first kappa shape index (κ1) is 11.1. The predicted octanol–water partition coefficient (Wildman–Crippen LogP) is 4.61.